The first-order chi connectivity index (χ1) is 9.95. The first-order valence-electron chi connectivity index (χ1n) is 7.83. The number of aliphatic hydroxyl groups excluding tert-OH is 1. The quantitative estimate of drug-likeness (QED) is 0.812. The van der Waals surface area contributed by atoms with Gasteiger partial charge in [0, 0.05) is 33.7 Å². The van der Waals surface area contributed by atoms with E-state index in [1.165, 1.54) is 0 Å². The van der Waals surface area contributed by atoms with Crippen LogP contribution in [0, 0.1) is 11.8 Å². The summed E-state index contributed by atoms with van der Waals surface area (Å²) in [6, 6.07) is -0.0848. The van der Waals surface area contributed by atoms with E-state index in [2.05, 4.69) is 6.92 Å². The fraction of sp³-hybridized carbons (Fsp3) is 0.867. The molecule has 21 heavy (non-hydrogen) atoms. The fourth-order valence-corrected chi connectivity index (χ4v) is 3.43. The average molecular weight is 297 g/mol. The lowest BCUT2D eigenvalue weighted by Crippen LogP contribution is -2.51. The van der Waals surface area contributed by atoms with Gasteiger partial charge in [-0.2, -0.15) is 0 Å². The van der Waals surface area contributed by atoms with E-state index in [9.17, 15) is 14.7 Å². The number of rotatable bonds is 2. The van der Waals surface area contributed by atoms with Crippen LogP contribution in [0.4, 0.5) is 4.79 Å². The number of hydrogen-bond acceptors (Lipinski definition) is 3. The molecule has 0 bridgehead atoms. The number of urea groups is 1. The van der Waals surface area contributed by atoms with Crippen LogP contribution in [0.3, 0.4) is 0 Å². The number of carbonyl (C=O) groups is 2. The van der Waals surface area contributed by atoms with Gasteiger partial charge in [-0.15, -0.1) is 0 Å². The summed E-state index contributed by atoms with van der Waals surface area (Å²) < 4.78 is 0. The molecule has 6 nitrogen and oxygen atoms in total. The zero-order valence-electron chi connectivity index (χ0n) is 13.3. The lowest BCUT2D eigenvalue weighted by Gasteiger charge is -2.36. The molecule has 3 amide bonds. The summed E-state index contributed by atoms with van der Waals surface area (Å²) in [4.78, 5) is 29.9. The average Bonchev–Trinajstić information content (AvgIpc) is 2.86. The van der Waals surface area contributed by atoms with E-state index in [4.69, 9.17) is 0 Å². The lowest BCUT2D eigenvalue weighted by molar-refractivity contribution is -0.139. The van der Waals surface area contributed by atoms with E-state index in [1.807, 2.05) is 4.90 Å². The Bertz CT molecular complexity index is 400. The zero-order valence-corrected chi connectivity index (χ0v) is 13.3. The molecule has 0 aromatic carbocycles. The molecule has 0 radical (unpaired) electrons. The Kier molecular flexibility index (Phi) is 5.08. The summed E-state index contributed by atoms with van der Waals surface area (Å²) in [6.07, 6.45) is 2.65. The van der Waals surface area contributed by atoms with Crippen molar-refractivity contribution < 1.29 is 14.7 Å². The Morgan fingerprint density at radius 2 is 1.95 bits per heavy atom. The smallest absolute Gasteiger partial charge is 0.319 e. The largest absolute Gasteiger partial charge is 0.394 e. The second-order valence-electron chi connectivity index (χ2n) is 6.51. The fourth-order valence-electron chi connectivity index (χ4n) is 3.43. The van der Waals surface area contributed by atoms with Crippen molar-refractivity contribution >= 4 is 11.9 Å². The number of nitrogens with zero attached hydrogens (tertiary/aromatic N) is 3. The minimum absolute atomic E-state index is 0.0269. The lowest BCUT2D eigenvalue weighted by atomic mass is 9.96. The van der Waals surface area contributed by atoms with Crippen LogP contribution in [0.1, 0.15) is 26.2 Å². The van der Waals surface area contributed by atoms with Crippen molar-refractivity contribution in [1.82, 2.24) is 14.7 Å². The number of carbonyl (C=O) groups excluding carboxylic acids is 2. The van der Waals surface area contributed by atoms with E-state index in [-0.39, 0.29) is 30.5 Å². The van der Waals surface area contributed by atoms with E-state index in [0.717, 1.165) is 32.4 Å². The maximum absolute atomic E-state index is 12.7. The van der Waals surface area contributed by atoms with Gasteiger partial charge in [0.2, 0.25) is 5.91 Å². The van der Waals surface area contributed by atoms with Crippen molar-refractivity contribution in [3.63, 3.8) is 0 Å². The number of aliphatic hydroxyl groups is 1. The van der Waals surface area contributed by atoms with Gasteiger partial charge in [0.25, 0.3) is 0 Å². The molecule has 0 aromatic heterocycles. The summed E-state index contributed by atoms with van der Waals surface area (Å²) >= 11 is 0. The van der Waals surface area contributed by atoms with Gasteiger partial charge in [-0.25, -0.2) is 4.79 Å². The first-order valence-corrected chi connectivity index (χ1v) is 7.83. The van der Waals surface area contributed by atoms with E-state index >= 15 is 0 Å². The molecule has 6 heteroatoms. The monoisotopic (exact) mass is 297 g/mol. The van der Waals surface area contributed by atoms with E-state index in [0.29, 0.717) is 12.5 Å². The van der Waals surface area contributed by atoms with Gasteiger partial charge in [0.1, 0.15) is 0 Å². The number of likely N-dealkylation sites (tertiary alicyclic amines) is 2. The maximum Gasteiger partial charge on any atom is 0.319 e. The van der Waals surface area contributed by atoms with Crippen molar-refractivity contribution in [2.45, 2.75) is 32.2 Å². The molecule has 0 spiro atoms. The zero-order chi connectivity index (χ0) is 15.6. The molecule has 2 aliphatic heterocycles. The van der Waals surface area contributed by atoms with Crippen LogP contribution >= 0.6 is 0 Å². The maximum atomic E-state index is 12.7. The molecule has 3 unspecified atom stereocenters. The Morgan fingerprint density at radius 3 is 2.57 bits per heavy atom. The number of hydrogen-bond donors (Lipinski definition) is 1. The molecule has 3 atom stereocenters. The van der Waals surface area contributed by atoms with Crippen LogP contribution in [0.15, 0.2) is 0 Å². The second-order valence-corrected chi connectivity index (χ2v) is 6.51. The summed E-state index contributed by atoms with van der Waals surface area (Å²) in [5.74, 6) is 0.332. The Balaban J connectivity index is 2.01. The summed E-state index contributed by atoms with van der Waals surface area (Å²) in [5, 5.41) is 9.50. The predicted molar refractivity (Wildman–Crippen MR) is 79.7 cm³/mol. The van der Waals surface area contributed by atoms with Gasteiger partial charge in [0.15, 0.2) is 0 Å². The van der Waals surface area contributed by atoms with Crippen LogP contribution in [0.25, 0.3) is 0 Å². The van der Waals surface area contributed by atoms with Crippen LogP contribution in [0.2, 0.25) is 0 Å². The van der Waals surface area contributed by atoms with Gasteiger partial charge >= 0.3 is 6.03 Å². The van der Waals surface area contributed by atoms with Crippen LogP contribution in [-0.4, -0.2) is 78.1 Å². The van der Waals surface area contributed by atoms with Gasteiger partial charge in [0.05, 0.1) is 18.6 Å². The third-order valence-corrected chi connectivity index (χ3v) is 4.78. The predicted octanol–water partition coefficient (Wildman–Crippen LogP) is 0.609. The molecule has 1 N–H and O–H groups in total. The van der Waals surface area contributed by atoms with Crippen molar-refractivity contribution in [2.24, 2.45) is 11.8 Å². The van der Waals surface area contributed by atoms with E-state index < -0.39 is 0 Å². The highest BCUT2D eigenvalue weighted by Gasteiger charge is 2.38. The van der Waals surface area contributed by atoms with Gasteiger partial charge < -0.3 is 19.8 Å². The Morgan fingerprint density at radius 1 is 1.24 bits per heavy atom. The molecule has 0 aliphatic carbocycles. The molecule has 120 valence electrons. The Labute approximate surface area is 126 Å². The number of amides is 3. The van der Waals surface area contributed by atoms with Crippen LogP contribution in [0.5, 0.6) is 0 Å². The standard InChI is InChI=1S/C15H27N3O3/c1-11-6-8-18(13(11)10-19)14(20)12-5-4-7-17(9-12)15(21)16(2)3/h11-13,19H,4-10H2,1-3H3. The number of piperidine rings is 1. The van der Waals surface area contributed by atoms with E-state index in [1.54, 1.807) is 23.9 Å². The Hall–Kier alpha value is -1.30. The molecule has 2 fully saturated rings. The third-order valence-electron chi connectivity index (χ3n) is 4.78. The summed E-state index contributed by atoms with van der Waals surface area (Å²) in [5.41, 5.74) is 0. The molecule has 0 aromatic rings. The minimum Gasteiger partial charge on any atom is -0.394 e. The minimum atomic E-state index is -0.123. The second kappa shape index (κ2) is 6.64. The molecule has 2 heterocycles. The molecule has 0 saturated carbocycles. The van der Waals surface area contributed by atoms with Crippen LogP contribution < -0.4 is 0 Å². The van der Waals surface area contributed by atoms with Crippen molar-refractivity contribution in [2.75, 3.05) is 40.3 Å². The molecule has 2 aliphatic rings. The van der Waals surface area contributed by atoms with Crippen molar-refractivity contribution in [3.8, 4) is 0 Å². The van der Waals surface area contributed by atoms with Crippen LogP contribution in [-0.2, 0) is 4.79 Å². The van der Waals surface area contributed by atoms with Gasteiger partial charge in [-0.05, 0) is 25.2 Å². The molecular formula is C15H27N3O3. The highest BCUT2D eigenvalue weighted by atomic mass is 16.3. The highest BCUT2D eigenvalue weighted by Crippen LogP contribution is 2.28. The third kappa shape index (κ3) is 3.31. The summed E-state index contributed by atoms with van der Waals surface area (Å²) in [6.45, 7) is 4.06. The van der Waals surface area contributed by atoms with Gasteiger partial charge in [-0.3, -0.25) is 4.79 Å². The summed E-state index contributed by atoms with van der Waals surface area (Å²) in [7, 11) is 3.47. The molecule has 2 rings (SSSR count). The van der Waals surface area contributed by atoms with Crippen molar-refractivity contribution in [1.29, 1.82) is 0 Å². The molecular weight excluding hydrogens is 270 g/mol. The highest BCUT2D eigenvalue weighted by molar-refractivity contribution is 5.81. The van der Waals surface area contributed by atoms with Gasteiger partial charge in [-0.1, -0.05) is 6.92 Å². The molecule has 2 saturated heterocycles. The topological polar surface area (TPSA) is 64.1 Å². The van der Waals surface area contributed by atoms with Crippen molar-refractivity contribution in [3.05, 3.63) is 0 Å². The first kappa shape index (κ1) is 16.1. The SMILES string of the molecule is CC1CCN(C(=O)C2CCCN(C(=O)N(C)C)C2)C1CO. The normalized spacial score (nSPS) is 29.6.